The minimum Gasteiger partial charge on any atom is -0.855 e. The van der Waals surface area contributed by atoms with Crippen molar-refractivity contribution in [3.05, 3.63) is 336 Å². The van der Waals surface area contributed by atoms with Crippen molar-refractivity contribution in [2.45, 2.75) is 83.1 Å². The number of esters is 8. The molecule has 0 spiro atoms. The van der Waals surface area contributed by atoms with Gasteiger partial charge in [0.1, 0.15) is 0 Å². The molecule has 0 amide bonds. The zero-order valence-corrected chi connectivity index (χ0v) is 104. The van der Waals surface area contributed by atoms with Crippen LogP contribution >= 0.6 is 0 Å². The SMILES string of the molecule is CC[O-].CC[O-].CC[O-].CC[O-].CC[O-].CC[O-].CC[O-].CC[O-].COC(=O)c1ccc[n-]1.COC(=O)c1ccc[n-]1.COC(=O)c1ccc[n-]1.COC(=O)c1ccc[n-]1.COC(=O)c1ccc[n-]1.COC(=O)c1ccc[n-]1.COC(=O)c1ccc[n-]1.COC(=O)c1ccc[n-]1.Cc1ccccc1.Cc1ccccc1.Cc1ccccc1.Cc1ccccc1.[Zn+2].[Zn+2].[Zn+2].[Zn+2].[Zn+2].[Zn+2].[Zn+2].[Zn+2]. The van der Waals surface area contributed by atoms with Gasteiger partial charge in [-0.1, -0.05) is 296 Å². The number of benzene rings is 4. The van der Waals surface area contributed by atoms with E-state index < -0.39 is 0 Å². The molecule has 0 aliphatic carbocycles. The van der Waals surface area contributed by atoms with Gasteiger partial charge in [-0.2, -0.15) is 49.6 Å². The first kappa shape index (κ1) is 160. The van der Waals surface area contributed by atoms with Gasteiger partial charge >= 0.3 is 204 Å². The third kappa shape index (κ3) is 109. The molecule has 0 fully saturated rings. The predicted molar refractivity (Wildman–Crippen MR) is 458 cm³/mol. The van der Waals surface area contributed by atoms with E-state index in [0.29, 0.717) is 45.6 Å². The Labute approximate surface area is 881 Å². The molecule has 0 unspecified atom stereocenters. The van der Waals surface area contributed by atoms with Crippen LogP contribution in [0.3, 0.4) is 0 Å². The maximum atomic E-state index is 10.6. The molecule has 0 aliphatic heterocycles. The van der Waals surface area contributed by atoms with Crippen LogP contribution in [0.5, 0.6) is 0 Å². The van der Waals surface area contributed by atoms with Crippen molar-refractivity contribution in [1.82, 2.24) is 39.9 Å². The fourth-order valence-electron chi connectivity index (χ4n) is 6.34. The van der Waals surface area contributed by atoms with Crippen LogP contribution in [-0.2, 0) is 194 Å². The van der Waals surface area contributed by atoms with Gasteiger partial charge in [-0.15, -0.1) is 52.9 Å². The van der Waals surface area contributed by atoms with E-state index in [9.17, 15) is 38.4 Å². The monoisotopic (exact) mass is 2230 g/mol. The summed E-state index contributed by atoms with van der Waals surface area (Å²) in [4.78, 5) is 114. The van der Waals surface area contributed by atoms with Crippen LogP contribution in [0, 0.1) is 27.7 Å². The smallest absolute Gasteiger partial charge is 0.855 e. The number of hydrogen-bond acceptors (Lipinski definition) is 24. The average molecular weight is 2250 g/mol. The molecule has 0 saturated carbocycles. The van der Waals surface area contributed by atoms with E-state index in [-0.39, 0.29) is 256 Å². The Morgan fingerprint density at radius 1 is 0.182 bits per heavy atom. The second kappa shape index (κ2) is 127. The molecule has 0 N–H and O–H groups in total. The normalized spacial score (nSPS) is 7.85. The molecule has 8 aromatic heterocycles. The van der Waals surface area contributed by atoms with E-state index >= 15 is 0 Å². The molecule has 688 valence electrons. The minimum atomic E-state index is -0.389. The van der Waals surface area contributed by atoms with Crippen LogP contribution < -0.4 is 80.7 Å². The van der Waals surface area contributed by atoms with Crippen molar-refractivity contribution in [1.29, 1.82) is 0 Å². The minimum absolute atomic E-state index is 0. The van der Waals surface area contributed by atoms with E-state index in [4.69, 9.17) is 40.9 Å². The number of aryl methyl sites for hydroxylation is 4. The summed E-state index contributed by atoms with van der Waals surface area (Å²) in [6, 6.07) is 67.4. The molecule has 12 aromatic rings. The largest absolute Gasteiger partial charge is 2.00 e. The summed E-state index contributed by atoms with van der Waals surface area (Å²) in [5, 5.41) is 71.4. The second-order valence-corrected chi connectivity index (χ2v) is 21.0. The Balaban J connectivity index is -0.0000000773. The third-order valence-corrected chi connectivity index (χ3v) is 11.3. The fraction of sp³-hybridized carbons (Fsp3) is 0.304. The molecular weight excluding hydrogens is 2120 g/mol. The van der Waals surface area contributed by atoms with Crippen LogP contribution in [0.2, 0.25) is 0 Å². The zero-order valence-electron chi connectivity index (χ0n) is 80.1. The van der Waals surface area contributed by atoms with Crippen LogP contribution in [0.25, 0.3) is 0 Å². The molecule has 0 radical (unpaired) electrons. The van der Waals surface area contributed by atoms with Crippen molar-refractivity contribution in [2.75, 3.05) is 110 Å². The molecule has 0 aliphatic rings. The standard InChI is InChI=1S/4C7H8.8C6H7NO2.8C2H5O.8Zn/c4*1-7-5-3-2-4-6-7;8*1-9-6(8)5-3-2-4-7-5;8*1-2-3;;;;;;;;/h4*2-6H,1H3;8*2-4H,1H3,(H,7,8);8*2H2,1H3;;;;;;;;/q;;;;;;;;;;;;8*-1;8*+2/p-8. The topological polar surface area (TPSA) is 508 Å². The molecule has 8 heterocycles. The summed E-state index contributed by atoms with van der Waals surface area (Å²) in [5.41, 5.74) is 8.16. The Hall–Kier alpha value is -8.45. The number of ether oxygens (including phenoxy) is 8. The molecule has 32 nitrogen and oxygen atoms in total. The average Bonchev–Trinajstić information content (AvgIpc) is 1.85. The maximum absolute atomic E-state index is 10.6. The van der Waals surface area contributed by atoms with E-state index in [0.717, 1.165) is 0 Å². The van der Waals surface area contributed by atoms with E-state index in [1.165, 1.54) is 79.1 Å². The number of nitrogens with zero attached hydrogens (tertiary/aromatic N) is 8. The number of carbonyl (C=O) groups excluding carboxylic acids is 8. The van der Waals surface area contributed by atoms with Gasteiger partial charge in [0, 0.05) is 0 Å². The Morgan fingerprint density at radius 2 is 0.265 bits per heavy atom. The van der Waals surface area contributed by atoms with Gasteiger partial charge in [-0.25, -0.2) is 38.4 Å². The van der Waals surface area contributed by atoms with Gasteiger partial charge in [0.15, 0.2) is 0 Å². The first-order valence-electron chi connectivity index (χ1n) is 37.6. The molecule has 0 bridgehead atoms. The van der Waals surface area contributed by atoms with Crippen LogP contribution in [0.4, 0.5) is 0 Å². The molecule has 132 heavy (non-hydrogen) atoms. The van der Waals surface area contributed by atoms with Crippen molar-refractivity contribution < 1.29 is 273 Å². The van der Waals surface area contributed by atoms with Gasteiger partial charge in [0.25, 0.3) is 0 Å². The van der Waals surface area contributed by atoms with Gasteiger partial charge in [0.05, 0.1) is 56.9 Å². The van der Waals surface area contributed by atoms with Crippen molar-refractivity contribution >= 4 is 47.8 Å². The second-order valence-electron chi connectivity index (χ2n) is 21.0. The quantitative estimate of drug-likeness (QED) is 0.0909. The van der Waals surface area contributed by atoms with Gasteiger partial charge in [0.2, 0.25) is 0 Å². The number of carbonyl (C=O) groups is 8. The van der Waals surface area contributed by atoms with Gasteiger partial charge in [-0.05, 0) is 73.2 Å². The van der Waals surface area contributed by atoms with E-state index in [2.05, 4.69) is 154 Å². The van der Waals surface area contributed by atoms with Gasteiger partial charge < -0.3 is 119 Å². The number of hydrogen-bond donors (Lipinski definition) is 0. The number of rotatable bonds is 8. The summed E-state index contributed by atoms with van der Waals surface area (Å²) in [6.07, 6.45) is 12.4. The molecule has 12 rings (SSSR count). The zero-order chi connectivity index (χ0) is 95.6. The summed E-state index contributed by atoms with van der Waals surface area (Å²) in [7, 11) is 10.6. The van der Waals surface area contributed by atoms with Crippen molar-refractivity contribution in [3.8, 4) is 0 Å². The van der Waals surface area contributed by atoms with E-state index in [1.807, 2.05) is 72.8 Å². The van der Waals surface area contributed by atoms with Crippen LogP contribution in [-0.4, -0.2) is 157 Å². The molecule has 0 saturated heterocycles. The fourth-order valence-corrected chi connectivity index (χ4v) is 6.34. The number of methoxy groups -OCH3 is 8. The molecule has 40 heteroatoms. The van der Waals surface area contributed by atoms with Crippen LogP contribution in [0.1, 0.15) is 162 Å². The first-order chi connectivity index (χ1) is 59.6. The van der Waals surface area contributed by atoms with E-state index in [1.54, 1.807) is 202 Å². The Bertz CT molecular complexity index is 3410. The predicted octanol–water partition coefficient (Wildman–Crippen LogP) is 6.34. The van der Waals surface area contributed by atoms with Crippen LogP contribution in [0.15, 0.2) is 268 Å². The third-order valence-electron chi connectivity index (χ3n) is 11.3. The summed E-state index contributed by atoms with van der Waals surface area (Å²) < 4.78 is 35.1. The Kier molecular flexibility index (Phi) is 154. The Morgan fingerprint density at radius 3 is 0.311 bits per heavy atom. The molecular formula is C92H120N8O24Zn8. The van der Waals surface area contributed by atoms with Crippen molar-refractivity contribution in [3.63, 3.8) is 0 Å². The number of aromatic nitrogens is 8. The van der Waals surface area contributed by atoms with Crippen molar-refractivity contribution in [2.24, 2.45) is 0 Å². The summed E-state index contributed by atoms with van der Waals surface area (Å²) in [6.45, 7) is 20.9. The summed E-state index contributed by atoms with van der Waals surface area (Å²) >= 11 is 0. The first-order valence-corrected chi connectivity index (χ1v) is 37.6. The molecule has 4 aromatic carbocycles. The maximum Gasteiger partial charge on any atom is 2.00 e. The van der Waals surface area contributed by atoms with Gasteiger partial charge in [-0.3, -0.25) is 0 Å². The molecule has 0 atom stereocenters. The summed E-state index contributed by atoms with van der Waals surface area (Å²) in [5.74, 6) is -3.11.